The average Bonchev–Trinajstić information content (AvgIpc) is 3.40. The maximum atomic E-state index is 14.2. The van der Waals surface area contributed by atoms with E-state index in [0.717, 1.165) is 38.1 Å². The fraction of sp³-hybridized carbons (Fsp3) is 0.464. The van der Waals surface area contributed by atoms with Gasteiger partial charge in [0, 0.05) is 56.7 Å². The minimum atomic E-state index is -0.811. The summed E-state index contributed by atoms with van der Waals surface area (Å²) in [6.07, 6.45) is 8.10. The summed E-state index contributed by atoms with van der Waals surface area (Å²) in [6.45, 7) is 2.92. The van der Waals surface area contributed by atoms with Gasteiger partial charge >= 0.3 is 0 Å². The molecule has 1 saturated carbocycles. The number of aromatic nitrogens is 3. The molecule has 11 heteroatoms. The van der Waals surface area contributed by atoms with E-state index in [1.54, 1.807) is 18.5 Å². The number of hydrogen-bond donors (Lipinski definition) is 1. The number of likely N-dealkylation sites (tertiary alicyclic amines) is 2. The zero-order valence-corrected chi connectivity index (χ0v) is 21.4. The highest BCUT2D eigenvalue weighted by Gasteiger charge is 2.42. The molecule has 204 valence electrons. The Labute approximate surface area is 224 Å². The van der Waals surface area contributed by atoms with E-state index in [4.69, 9.17) is 4.52 Å². The van der Waals surface area contributed by atoms with Crippen molar-refractivity contribution in [1.29, 1.82) is 0 Å². The van der Waals surface area contributed by atoms with Crippen LogP contribution in [0, 0.1) is 23.5 Å². The van der Waals surface area contributed by atoms with Crippen LogP contribution in [0.5, 0.6) is 0 Å². The van der Waals surface area contributed by atoms with Gasteiger partial charge < -0.3 is 19.6 Å². The van der Waals surface area contributed by atoms with Gasteiger partial charge in [0.15, 0.2) is 17.3 Å². The van der Waals surface area contributed by atoms with Crippen LogP contribution in [0.25, 0.3) is 11.3 Å². The zero-order valence-electron chi connectivity index (χ0n) is 21.4. The Kier molecular flexibility index (Phi) is 7.07. The highest BCUT2D eigenvalue weighted by molar-refractivity contribution is 5.94. The second-order valence-electron chi connectivity index (χ2n) is 10.7. The van der Waals surface area contributed by atoms with Gasteiger partial charge in [-0.2, -0.15) is 0 Å². The first-order chi connectivity index (χ1) is 19.0. The van der Waals surface area contributed by atoms with E-state index in [9.17, 15) is 18.4 Å². The van der Waals surface area contributed by atoms with Gasteiger partial charge in [-0.1, -0.05) is 5.16 Å². The number of nitrogens with one attached hydrogen (secondary N) is 1. The van der Waals surface area contributed by atoms with Gasteiger partial charge in [-0.15, -0.1) is 0 Å². The summed E-state index contributed by atoms with van der Waals surface area (Å²) in [5.41, 5.74) is -0.0235. The van der Waals surface area contributed by atoms with Gasteiger partial charge in [0.25, 0.3) is 5.91 Å². The van der Waals surface area contributed by atoms with Gasteiger partial charge in [-0.05, 0) is 56.2 Å². The molecule has 6 rings (SSSR count). The van der Waals surface area contributed by atoms with Crippen molar-refractivity contribution >= 4 is 11.8 Å². The predicted octanol–water partition coefficient (Wildman–Crippen LogP) is 3.60. The fourth-order valence-electron chi connectivity index (χ4n) is 5.71. The largest absolute Gasteiger partial charge is 0.355 e. The van der Waals surface area contributed by atoms with E-state index in [0.29, 0.717) is 31.3 Å². The summed E-state index contributed by atoms with van der Waals surface area (Å²) in [5, 5.41) is 6.82. The molecule has 0 spiro atoms. The molecule has 2 amide bonds. The molecule has 0 bridgehead atoms. The first-order valence-corrected chi connectivity index (χ1v) is 13.5. The van der Waals surface area contributed by atoms with Gasteiger partial charge in [-0.25, -0.2) is 18.7 Å². The molecule has 3 fully saturated rings. The molecule has 9 nitrogen and oxygen atoms in total. The quantitative estimate of drug-likeness (QED) is 0.492. The summed E-state index contributed by atoms with van der Waals surface area (Å²) in [5.74, 6) is -1.13. The Morgan fingerprint density at radius 3 is 2.64 bits per heavy atom. The minimum absolute atomic E-state index is 0.00703. The molecule has 3 atom stereocenters. The van der Waals surface area contributed by atoms with Gasteiger partial charge in [0.1, 0.15) is 11.6 Å². The van der Waals surface area contributed by atoms with E-state index in [1.165, 1.54) is 25.0 Å². The Morgan fingerprint density at radius 2 is 1.87 bits per heavy atom. The van der Waals surface area contributed by atoms with Crippen LogP contribution >= 0.6 is 0 Å². The number of piperidine rings is 1. The van der Waals surface area contributed by atoms with Crippen LogP contribution in [-0.2, 0) is 4.79 Å². The summed E-state index contributed by atoms with van der Waals surface area (Å²) in [7, 11) is 0. The molecule has 2 saturated heterocycles. The molecule has 0 radical (unpaired) electrons. The summed E-state index contributed by atoms with van der Waals surface area (Å²) < 4.78 is 32.7. The van der Waals surface area contributed by atoms with Crippen molar-refractivity contribution in [3.05, 3.63) is 65.9 Å². The molecular formula is C28H30F2N6O3. The smallest absolute Gasteiger partial charge is 0.273 e. The van der Waals surface area contributed by atoms with Crippen LogP contribution in [0.2, 0.25) is 0 Å². The average molecular weight is 537 g/mol. The van der Waals surface area contributed by atoms with E-state index in [2.05, 4.69) is 25.3 Å². The topological polar surface area (TPSA) is 104 Å². The third-order valence-electron chi connectivity index (χ3n) is 7.90. The van der Waals surface area contributed by atoms with E-state index < -0.39 is 29.5 Å². The molecule has 3 aromatic rings. The van der Waals surface area contributed by atoms with Crippen LogP contribution in [0.3, 0.4) is 0 Å². The number of carbonyl (C=O) groups excluding carboxylic acids is 2. The number of rotatable bonds is 7. The maximum absolute atomic E-state index is 14.2. The van der Waals surface area contributed by atoms with Crippen molar-refractivity contribution in [3.8, 4) is 11.3 Å². The second-order valence-corrected chi connectivity index (χ2v) is 10.7. The van der Waals surface area contributed by atoms with E-state index in [-0.39, 0.29) is 29.0 Å². The van der Waals surface area contributed by atoms with Crippen LogP contribution in [-0.4, -0.2) is 69.0 Å². The number of carbonyl (C=O) groups is 2. The molecule has 1 aromatic carbocycles. The maximum Gasteiger partial charge on any atom is 0.273 e. The molecule has 4 heterocycles. The number of nitrogens with zero attached hydrogens (tertiary/aromatic N) is 5. The Bertz CT molecular complexity index is 1350. The first-order valence-electron chi connectivity index (χ1n) is 13.5. The third-order valence-corrected chi connectivity index (χ3v) is 7.90. The lowest BCUT2D eigenvalue weighted by molar-refractivity contribution is -0.139. The standard InChI is InChI=1S/C28H30F2N6O3/c29-18-6-7-19(21(30)13-18)25-14-23(34-39-25)27(37)33-22-8-12-35(15-17-4-5-17)16-20(22)28(38)36-11-1-3-24(36)26-31-9-2-10-32-26/h2,6-7,9-10,13-14,17,20,22,24H,1,3-5,8,11-12,15-16H2,(H,33,37). The molecule has 3 unspecified atom stereocenters. The number of amides is 2. The molecule has 1 aliphatic carbocycles. The highest BCUT2D eigenvalue weighted by atomic mass is 19.1. The minimum Gasteiger partial charge on any atom is -0.355 e. The Hall–Kier alpha value is -3.73. The normalized spacial score (nSPS) is 23.6. The molecular weight excluding hydrogens is 506 g/mol. The molecule has 1 N–H and O–H groups in total. The third kappa shape index (κ3) is 5.54. The van der Waals surface area contributed by atoms with E-state index >= 15 is 0 Å². The predicted molar refractivity (Wildman–Crippen MR) is 136 cm³/mol. The molecule has 3 aliphatic rings. The van der Waals surface area contributed by atoms with Crippen molar-refractivity contribution in [2.45, 2.75) is 44.2 Å². The second kappa shape index (κ2) is 10.8. The highest BCUT2D eigenvalue weighted by Crippen LogP contribution is 2.35. The zero-order chi connectivity index (χ0) is 26.9. The monoisotopic (exact) mass is 536 g/mol. The molecule has 39 heavy (non-hydrogen) atoms. The van der Waals surface area contributed by atoms with Crippen LogP contribution in [0.15, 0.2) is 47.2 Å². The van der Waals surface area contributed by atoms with E-state index in [1.807, 2.05) is 4.90 Å². The summed E-state index contributed by atoms with van der Waals surface area (Å²) in [4.78, 5) is 40.2. The van der Waals surface area contributed by atoms with Crippen molar-refractivity contribution in [1.82, 2.24) is 30.2 Å². The summed E-state index contributed by atoms with van der Waals surface area (Å²) in [6, 6.07) is 5.59. The van der Waals surface area contributed by atoms with Gasteiger partial charge in [0.05, 0.1) is 17.5 Å². The Balaban J connectivity index is 1.20. The van der Waals surface area contributed by atoms with Crippen molar-refractivity contribution in [2.75, 3.05) is 26.2 Å². The lowest BCUT2D eigenvalue weighted by Crippen LogP contribution is -2.56. The Morgan fingerprint density at radius 1 is 1.05 bits per heavy atom. The number of benzene rings is 1. The van der Waals surface area contributed by atoms with Gasteiger partial charge in [0.2, 0.25) is 5.91 Å². The molecule has 2 aromatic heterocycles. The van der Waals surface area contributed by atoms with Crippen molar-refractivity contribution in [2.24, 2.45) is 11.8 Å². The lowest BCUT2D eigenvalue weighted by Gasteiger charge is -2.40. The van der Waals surface area contributed by atoms with Crippen molar-refractivity contribution in [3.63, 3.8) is 0 Å². The van der Waals surface area contributed by atoms with Crippen LogP contribution < -0.4 is 5.32 Å². The van der Waals surface area contributed by atoms with Crippen molar-refractivity contribution < 1.29 is 22.9 Å². The lowest BCUT2D eigenvalue weighted by atomic mass is 9.90. The molecule has 2 aliphatic heterocycles. The van der Waals surface area contributed by atoms with Crippen LogP contribution in [0.1, 0.15) is 54.5 Å². The number of halogens is 2. The summed E-state index contributed by atoms with van der Waals surface area (Å²) >= 11 is 0. The van der Waals surface area contributed by atoms with Gasteiger partial charge in [-0.3, -0.25) is 9.59 Å². The fourth-order valence-corrected chi connectivity index (χ4v) is 5.71. The first kappa shape index (κ1) is 25.5. The number of hydrogen-bond acceptors (Lipinski definition) is 7. The SMILES string of the molecule is O=C(NC1CCN(CC2CC2)CC1C(=O)N1CCCC1c1ncccn1)c1cc(-c2ccc(F)cc2F)on1. The van der Waals surface area contributed by atoms with Crippen LogP contribution in [0.4, 0.5) is 8.78 Å².